The fourth-order valence-corrected chi connectivity index (χ4v) is 3.58. The average Bonchev–Trinajstić information content (AvgIpc) is 2.64. The number of nitrogens with one attached hydrogen (secondary N) is 1. The van der Waals surface area contributed by atoms with Gasteiger partial charge in [-0.3, -0.25) is 4.79 Å². The molecule has 0 bridgehead atoms. The summed E-state index contributed by atoms with van der Waals surface area (Å²) in [5.74, 6) is 1.44. The van der Waals surface area contributed by atoms with Gasteiger partial charge in [-0.15, -0.1) is 0 Å². The summed E-state index contributed by atoms with van der Waals surface area (Å²) in [7, 11) is 4.27. The molecule has 2 aromatic rings. The molecule has 0 unspecified atom stereocenters. The second-order valence-corrected chi connectivity index (χ2v) is 7.44. The number of benzene rings is 1. The first kappa shape index (κ1) is 18.7. The van der Waals surface area contributed by atoms with E-state index in [1.54, 1.807) is 0 Å². The van der Waals surface area contributed by atoms with E-state index in [4.69, 9.17) is 4.74 Å². The van der Waals surface area contributed by atoms with Crippen LogP contribution >= 0.6 is 0 Å². The first-order chi connectivity index (χ1) is 12.6. The highest BCUT2D eigenvalue weighted by atomic mass is 16.5. The summed E-state index contributed by atoms with van der Waals surface area (Å²) < 4.78 is 5.87. The SMILES string of the molecule is CCCOc1cc(N2CCC(CCN(C)C)CC2)cc2nc[nH]c(=O)c12. The molecule has 0 aliphatic carbocycles. The van der Waals surface area contributed by atoms with E-state index in [-0.39, 0.29) is 5.56 Å². The molecule has 1 aromatic heterocycles. The van der Waals surface area contributed by atoms with E-state index in [1.165, 1.54) is 25.6 Å². The topological polar surface area (TPSA) is 61.5 Å². The summed E-state index contributed by atoms with van der Waals surface area (Å²) in [6.45, 7) is 5.90. The van der Waals surface area contributed by atoms with Gasteiger partial charge in [0.05, 0.1) is 18.5 Å². The third-order valence-corrected chi connectivity index (χ3v) is 5.12. The van der Waals surface area contributed by atoms with Crippen molar-refractivity contribution in [2.75, 3.05) is 45.2 Å². The molecular formula is C20H30N4O2. The average molecular weight is 358 g/mol. The van der Waals surface area contributed by atoms with Crippen LogP contribution in [0.4, 0.5) is 5.69 Å². The number of aromatic amines is 1. The molecule has 1 aromatic carbocycles. The Bertz CT molecular complexity index is 779. The van der Waals surface area contributed by atoms with Crippen molar-refractivity contribution in [1.82, 2.24) is 14.9 Å². The Labute approximate surface area is 155 Å². The smallest absolute Gasteiger partial charge is 0.262 e. The van der Waals surface area contributed by atoms with E-state index >= 15 is 0 Å². The largest absolute Gasteiger partial charge is 0.493 e. The number of aromatic nitrogens is 2. The van der Waals surface area contributed by atoms with Gasteiger partial charge >= 0.3 is 0 Å². The monoisotopic (exact) mass is 358 g/mol. The molecule has 0 atom stereocenters. The lowest BCUT2D eigenvalue weighted by Gasteiger charge is -2.34. The zero-order chi connectivity index (χ0) is 18.5. The van der Waals surface area contributed by atoms with Crippen LogP contribution in [0.5, 0.6) is 5.75 Å². The van der Waals surface area contributed by atoms with E-state index in [1.807, 2.05) is 12.1 Å². The quantitative estimate of drug-likeness (QED) is 0.825. The first-order valence-corrected chi connectivity index (χ1v) is 9.62. The number of fused-ring (bicyclic) bond motifs is 1. The number of ether oxygens (including phenoxy) is 1. The molecule has 6 heteroatoms. The van der Waals surface area contributed by atoms with Gasteiger partial charge in [-0.2, -0.15) is 0 Å². The highest BCUT2D eigenvalue weighted by molar-refractivity contribution is 5.88. The molecule has 142 valence electrons. The number of piperidine rings is 1. The van der Waals surface area contributed by atoms with Crippen LogP contribution in [0.2, 0.25) is 0 Å². The second-order valence-electron chi connectivity index (χ2n) is 7.44. The summed E-state index contributed by atoms with van der Waals surface area (Å²) >= 11 is 0. The maximum Gasteiger partial charge on any atom is 0.262 e. The van der Waals surface area contributed by atoms with Gasteiger partial charge < -0.3 is 19.5 Å². The number of H-pyrrole nitrogens is 1. The number of anilines is 1. The van der Waals surface area contributed by atoms with Gasteiger partial charge in [-0.25, -0.2) is 4.98 Å². The molecule has 1 N–H and O–H groups in total. The number of nitrogens with zero attached hydrogens (tertiary/aromatic N) is 3. The molecule has 1 aliphatic heterocycles. The maximum absolute atomic E-state index is 12.2. The van der Waals surface area contributed by atoms with Crippen molar-refractivity contribution in [2.45, 2.75) is 32.6 Å². The predicted octanol–water partition coefficient (Wildman–Crippen LogP) is 2.88. The van der Waals surface area contributed by atoms with Crippen LogP contribution < -0.4 is 15.2 Å². The molecule has 0 amide bonds. The summed E-state index contributed by atoms with van der Waals surface area (Å²) in [5.41, 5.74) is 1.66. The van der Waals surface area contributed by atoms with E-state index in [0.29, 0.717) is 23.3 Å². The fraction of sp³-hybridized carbons (Fsp3) is 0.600. The Balaban J connectivity index is 1.79. The maximum atomic E-state index is 12.2. The molecule has 6 nitrogen and oxygen atoms in total. The van der Waals surface area contributed by atoms with E-state index in [2.05, 4.69) is 40.8 Å². The van der Waals surface area contributed by atoms with Gasteiger partial charge in [0.15, 0.2) is 0 Å². The first-order valence-electron chi connectivity index (χ1n) is 9.62. The fourth-order valence-electron chi connectivity index (χ4n) is 3.58. The second kappa shape index (κ2) is 8.54. The van der Waals surface area contributed by atoms with Crippen molar-refractivity contribution in [3.05, 3.63) is 28.8 Å². The van der Waals surface area contributed by atoms with Crippen LogP contribution in [-0.2, 0) is 0 Å². The van der Waals surface area contributed by atoms with Gasteiger partial charge in [-0.1, -0.05) is 6.92 Å². The Morgan fingerprint density at radius 2 is 2.08 bits per heavy atom. The Morgan fingerprint density at radius 1 is 1.31 bits per heavy atom. The van der Waals surface area contributed by atoms with Crippen LogP contribution in [0.15, 0.2) is 23.3 Å². The molecule has 26 heavy (non-hydrogen) atoms. The molecule has 1 fully saturated rings. The third kappa shape index (κ3) is 4.36. The molecule has 2 heterocycles. The highest BCUT2D eigenvalue weighted by Crippen LogP contribution is 2.31. The van der Waals surface area contributed by atoms with Crippen molar-refractivity contribution in [3.8, 4) is 5.75 Å². The molecule has 1 aliphatic rings. The minimum Gasteiger partial charge on any atom is -0.493 e. The standard InChI is InChI=1S/C20H30N4O2/c1-4-11-26-18-13-16(12-17-19(18)20(25)22-14-21-17)24-9-6-15(7-10-24)5-8-23(2)3/h12-15H,4-11H2,1-3H3,(H,21,22,25). The van der Waals surface area contributed by atoms with Crippen molar-refractivity contribution in [1.29, 1.82) is 0 Å². The lowest BCUT2D eigenvalue weighted by Crippen LogP contribution is -2.34. The van der Waals surface area contributed by atoms with Crippen LogP contribution in [0.1, 0.15) is 32.6 Å². The van der Waals surface area contributed by atoms with Crippen molar-refractivity contribution < 1.29 is 4.74 Å². The summed E-state index contributed by atoms with van der Waals surface area (Å²) in [6, 6.07) is 4.03. The van der Waals surface area contributed by atoms with Crippen LogP contribution in [0, 0.1) is 5.92 Å². The van der Waals surface area contributed by atoms with Crippen LogP contribution in [0.3, 0.4) is 0 Å². The van der Waals surface area contributed by atoms with Gasteiger partial charge in [0.1, 0.15) is 11.1 Å². The lowest BCUT2D eigenvalue weighted by molar-refractivity contribution is 0.312. The van der Waals surface area contributed by atoms with Gasteiger partial charge in [0, 0.05) is 24.8 Å². The van der Waals surface area contributed by atoms with Crippen molar-refractivity contribution >= 4 is 16.6 Å². The Morgan fingerprint density at radius 3 is 2.77 bits per heavy atom. The summed E-state index contributed by atoms with van der Waals surface area (Å²) in [5, 5.41) is 0.547. The number of hydrogen-bond acceptors (Lipinski definition) is 5. The van der Waals surface area contributed by atoms with E-state index < -0.39 is 0 Å². The number of hydrogen-bond donors (Lipinski definition) is 1. The molecule has 0 radical (unpaired) electrons. The van der Waals surface area contributed by atoms with Crippen molar-refractivity contribution in [2.24, 2.45) is 5.92 Å². The molecule has 0 saturated carbocycles. The zero-order valence-corrected chi connectivity index (χ0v) is 16.1. The predicted molar refractivity (Wildman–Crippen MR) is 106 cm³/mol. The molecule has 0 spiro atoms. The highest BCUT2D eigenvalue weighted by Gasteiger charge is 2.21. The summed E-state index contributed by atoms with van der Waals surface area (Å²) in [4.78, 5) is 23.9. The van der Waals surface area contributed by atoms with Crippen LogP contribution in [0.25, 0.3) is 10.9 Å². The third-order valence-electron chi connectivity index (χ3n) is 5.12. The van der Waals surface area contributed by atoms with E-state index in [0.717, 1.165) is 37.7 Å². The van der Waals surface area contributed by atoms with E-state index in [9.17, 15) is 4.79 Å². The molecular weight excluding hydrogens is 328 g/mol. The van der Waals surface area contributed by atoms with Gasteiger partial charge in [0.2, 0.25) is 0 Å². The number of rotatable bonds is 7. The molecule has 3 rings (SSSR count). The Kier molecular flexibility index (Phi) is 6.14. The normalized spacial score (nSPS) is 15.8. The lowest BCUT2D eigenvalue weighted by atomic mass is 9.93. The zero-order valence-electron chi connectivity index (χ0n) is 16.1. The minimum absolute atomic E-state index is 0.143. The van der Waals surface area contributed by atoms with Gasteiger partial charge in [0.25, 0.3) is 5.56 Å². The van der Waals surface area contributed by atoms with Gasteiger partial charge in [-0.05, 0) is 58.3 Å². The summed E-state index contributed by atoms with van der Waals surface area (Å²) in [6.07, 6.45) is 6.05. The van der Waals surface area contributed by atoms with Crippen molar-refractivity contribution in [3.63, 3.8) is 0 Å². The van der Waals surface area contributed by atoms with Crippen LogP contribution in [-0.4, -0.2) is 55.2 Å². The minimum atomic E-state index is -0.143. The Hall–Kier alpha value is -2.08. The molecule has 1 saturated heterocycles.